The van der Waals surface area contributed by atoms with Crippen molar-refractivity contribution >= 4 is 35.3 Å². The molecule has 5 atom stereocenters. The second kappa shape index (κ2) is 7.85. The van der Waals surface area contributed by atoms with Crippen LogP contribution >= 0.6 is 23.7 Å². The lowest BCUT2D eigenvalue weighted by atomic mass is 9.48. The van der Waals surface area contributed by atoms with Crippen LogP contribution in [-0.4, -0.2) is 57.9 Å². The van der Waals surface area contributed by atoms with Crippen molar-refractivity contribution in [3.05, 3.63) is 39.6 Å². The Balaban J connectivity index is 0.00000229. The van der Waals surface area contributed by atoms with Gasteiger partial charge in [-0.2, -0.15) is 0 Å². The van der Waals surface area contributed by atoms with Crippen molar-refractivity contribution in [2.45, 2.75) is 81.6 Å². The second-order valence-corrected chi connectivity index (χ2v) is 12.3. The van der Waals surface area contributed by atoms with E-state index in [2.05, 4.69) is 11.8 Å². The van der Waals surface area contributed by atoms with Crippen molar-refractivity contribution in [2.75, 3.05) is 18.0 Å². The smallest absolute Gasteiger partial charge is 0.224 e. The van der Waals surface area contributed by atoms with E-state index >= 15 is 0 Å². The van der Waals surface area contributed by atoms with Gasteiger partial charge >= 0.3 is 0 Å². The number of halogens is 1. The number of piperidine rings is 1. The van der Waals surface area contributed by atoms with E-state index in [4.69, 9.17) is 4.74 Å². The van der Waals surface area contributed by atoms with Gasteiger partial charge < -0.3 is 19.8 Å². The van der Waals surface area contributed by atoms with Gasteiger partial charge in [-0.3, -0.25) is 9.69 Å². The van der Waals surface area contributed by atoms with Gasteiger partial charge in [0.25, 0.3) is 0 Å². The summed E-state index contributed by atoms with van der Waals surface area (Å²) in [6, 6.07) is 5.65. The maximum atomic E-state index is 13.1. The third-order valence-electron chi connectivity index (χ3n) is 9.49. The van der Waals surface area contributed by atoms with E-state index in [0.717, 1.165) is 48.0 Å². The molecule has 3 heterocycles. The molecule has 35 heavy (non-hydrogen) atoms. The van der Waals surface area contributed by atoms with Crippen LogP contribution in [0.2, 0.25) is 0 Å². The van der Waals surface area contributed by atoms with E-state index in [0.29, 0.717) is 18.6 Å². The van der Waals surface area contributed by atoms with Crippen LogP contribution in [0, 0.1) is 12.8 Å². The van der Waals surface area contributed by atoms with E-state index in [1.54, 1.807) is 24.3 Å². The molecule has 5 aliphatic rings. The van der Waals surface area contributed by atoms with Gasteiger partial charge in [-0.25, -0.2) is 0 Å². The van der Waals surface area contributed by atoms with Crippen LogP contribution in [-0.2, 0) is 16.6 Å². The van der Waals surface area contributed by atoms with E-state index in [9.17, 15) is 15.0 Å². The van der Waals surface area contributed by atoms with E-state index in [1.165, 1.54) is 18.4 Å². The van der Waals surface area contributed by atoms with Gasteiger partial charge in [0.05, 0.1) is 22.7 Å². The molecule has 0 unspecified atom stereocenters. The van der Waals surface area contributed by atoms with Crippen LogP contribution in [0.25, 0.3) is 0 Å². The highest BCUT2D eigenvalue weighted by Gasteiger charge is 2.73. The summed E-state index contributed by atoms with van der Waals surface area (Å²) in [5, 5.41) is 25.5. The fourth-order valence-corrected chi connectivity index (χ4v) is 8.62. The minimum absolute atomic E-state index is 0. The van der Waals surface area contributed by atoms with Crippen LogP contribution in [0.3, 0.4) is 0 Å². The lowest BCUT2D eigenvalue weighted by Gasteiger charge is -2.64. The first-order valence-corrected chi connectivity index (χ1v) is 13.6. The summed E-state index contributed by atoms with van der Waals surface area (Å²) in [7, 11) is 0. The summed E-state index contributed by atoms with van der Waals surface area (Å²) in [6.45, 7) is 5.66. The molecule has 3 aliphatic carbocycles. The van der Waals surface area contributed by atoms with E-state index in [1.807, 2.05) is 22.4 Å². The van der Waals surface area contributed by atoms with Crippen LogP contribution in [0.1, 0.15) is 55.0 Å². The second-order valence-electron chi connectivity index (χ2n) is 11.1. The Bertz CT molecular complexity index is 1200. The molecular formula is C27H33ClN2O4S. The molecule has 1 aromatic carbocycles. The van der Waals surface area contributed by atoms with Gasteiger partial charge in [0.1, 0.15) is 6.10 Å². The number of carbonyl (C=O) groups is 1. The molecule has 2 aromatic rings. The van der Waals surface area contributed by atoms with Crippen molar-refractivity contribution in [2.24, 2.45) is 5.92 Å². The number of likely N-dealkylation sites (tertiary alicyclic amines) is 1. The van der Waals surface area contributed by atoms with Crippen molar-refractivity contribution in [3.8, 4) is 11.5 Å². The van der Waals surface area contributed by atoms with Crippen LogP contribution in [0.5, 0.6) is 11.5 Å². The fourth-order valence-electron chi connectivity index (χ4n) is 7.93. The van der Waals surface area contributed by atoms with Gasteiger partial charge in [-0.1, -0.05) is 6.07 Å². The predicted octanol–water partition coefficient (Wildman–Crippen LogP) is 4.17. The first-order chi connectivity index (χ1) is 16.3. The Labute approximate surface area is 216 Å². The molecule has 188 valence electrons. The molecule has 1 spiro atoms. The molecule has 0 radical (unpaired) electrons. The summed E-state index contributed by atoms with van der Waals surface area (Å²) in [5.41, 5.74) is 1.59. The number of carbonyl (C=O) groups excluding carboxylic acids is 1. The molecule has 2 aliphatic heterocycles. The number of aliphatic hydroxyl groups is 1. The highest BCUT2D eigenvalue weighted by atomic mass is 35.5. The largest absolute Gasteiger partial charge is 0.504 e. The molecule has 2 bridgehead atoms. The van der Waals surface area contributed by atoms with Crippen LogP contribution < -0.4 is 9.64 Å². The number of rotatable bonds is 4. The highest BCUT2D eigenvalue weighted by molar-refractivity contribution is 7.10. The number of amides is 1. The molecule has 1 saturated heterocycles. The fraction of sp³-hybridized carbons (Fsp3) is 0.593. The number of phenolic OH excluding ortho intramolecular Hbond substituents is 1. The number of hydrogen-bond donors (Lipinski definition) is 2. The van der Waals surface area contributed by atoms with Crippen molar-refractivity contribution in [1.82, 2.24) is 4.90 Å². The number of aryl methyl sites for hydroxylation is 1. The summed E-state index contributed by atoms with van der Waals surface area (Å²) < 4.78 is 6.67. The normalized spacial score (nSPS) is 34.5. The average Bonchev–Trinajstić information content (AvgIpc) is 3.40. The molecule has 3 fully saturated rings. The first kappa shape index (κ1) is 23.6. The summed E-state index contributed by atoms with van der Waals surface area (Å²) in [6.07, 6.45) is 5.08. The lowest BCUT2D eigenvalue weighted by molar-refractivity contribution is -0.190. The standard InChI is InChI=1S/C27H32N2O4S.ClH/c1-15-19(8-12-34-15)29(16(2)30)20-7-9-27(32)22-13-18-5-6-21(31)24-23(18)26(27,25(20)33-24)10-11-28(22)14-17-3-4-17;/h5-6,8,12,17,20,22,25,31-32H,3-4,7,9-11,13-14H2,1-2H3;1H/t20-,22-,25+,26+,27-;/m1./s1. The number of thiophene rings is 1. The zero-order valence-electron chi connectivity index (χ0n) is 20.2. The lowest BCUT2D eigenvalue weighted by Crippen LogP contribution is -2.78. The van der Waals surface area contributed by atoms with E-state index in [-0.39, 0.29) is 42.3 Å². The van der Waals surface area contributed by atoms with Gasteiger partial charge in [-0.05, 0) is 81.0 Å². The van der Waals surface area contributed by atoms with Crippen LogP contribution in [0.4, 0.5) is 5.69 Å². The Morgan fingerprint density at radius 2 is 2.06 bits per heavy atom. The van der Waals surface area contributed by atoms with Crippen molar-refractivity contribution < 1.29 is 19.7 Å². The van der Waals surface area contributed by atoms with E-state index < -0.39 is 11.0 Å². The third kappa shape index (κ3) is 2.98. The number of anilines is 1. The molecule has 8 heteroatoms. The summed E-state index contributed by atoms with van der Waals surface area (Å²) in [5.74, 6) is 1.43. The number of hydrogen-bond acceptors (Lipinski definition) is 6. The molecule has 7 rings (SSSR count). The molecule has 6 nitrogen and oxygen atoms in total. The Morgan fingerprint density at radius 1 is 1.26 bits per heavy atom. The topological polar surface area (TPSA) is 73.2 Å². The number of aromatic hydroxyl groups is 1. The minimum Gasteiger partial charge on any atom is -0.504 e. The Hall–Kier alpha value is -1.80. The average molecular weight is 517 g/mol. The monoisotopic (exact) mass is 516 g/mol. The Morgan fingerprint density at radius 3 is 2.74 bits per heavy atom. The molecular weight excluding hydrogens is 484 g/mol. The van der Waals surface area contributed by atoms with Gasteiger partial charge in [0.15, 0.2) is 11.5 Å². The number of ether oxygens (including phenoxy) is 1. The van der Waals surface area contributed by atoms with Crippen molar-refractivity contribution in [1.29, 1.82) is 0 Å². The maximum Gasteiger partial charge on any atom is 0.224 e. The molecule has 2 saturated carbocycles. The van der Waals surface area contributed by atoms with Crippen molar-refractivity contribution in [3.63, 3.8) is 0 Å². The maximum absolute atomic E-state index is 13.1. The van der Waals surface area contributed by atoms with Crippen LogP contribution in [0.15, 0.2) is 23.6 Å². The Kier molecular flexibility index (Phi) is 5.29. The zero-order valence-corrected chi connectivity index (χ0v) is 21.8. The quantitative estimate of drug-likeness (QED) is 0.638. The molecule has 2 N–H and O–H groups in total. The molecule has 1 aromatic heterocycles. The number of phenols is 1. The minimum atomic E-state index is -0.931. The SMILES string of the molecule is CC(=O)N(c1ccsc1C)[C@@H]1CC[C@@]2(O)[C@H]3Cc4ccc(O)c5c4[C@@]2(CCN3CC2CC2)[C@H]1O5.Cl. The first-order valence-electron chi connectivity index (χ1n) is 12.7. The highest BCUT2D eigenvalue weighted by Crippen LogP contribution is 2.66. The van der Waals surface area contributed by atoms with Gasteiger partial charge in [0, 0.05) is 30.0 Å². The molecule has 1 amide bonds. The number of benzene rings is 1. The summed E-state index contributed by atoms with van der Waals surface area (Å²) >= 11 is 1.64. The van der Waals surface area contributed by atoms with Gasteiger partial charge in [-0.15, -0.1) is 23.7 Å². The summed E-state index contributed by atoms with van der Waals surface area (Å²) in [4.78, 5) is 18.6. The zero-order chi connectivity index (χ0) is 23.4. The predicted molar refractivity (Wildman–Crippen MR) is 138 cm³/mol. The van der Waals surface area contributed by atoms with Gasteiger partial charge in [0.2, 0.25) is 5.91 Å². The number of nitrogens with zero attached hydrogens (tertiary/aromatic N) is 2. The third-order valence-corrected chi connectivity index (χ3v) is 10.3.